The highest BCUT2D eigenvalue weighted by Crippen LogP contribution is 2.40. The fourth-order valence-corrected chi connectivity index (χ4v) is 3.22. The van der Waals surface area contributed by atoms with Gasteiger partial charge in [-0.15, -0.1) is 0 Å². The number of nitrogens with zero attached hydrogens (tertiary/aromatic N) is 1. The SMILES string of the molecule is CCNc1cc(C)ncc1C(=O)NCC1(CC)CCCC1. The molecule has 1 fully saturated rings. The predicted molar refractivity (Wildman–Crippen MR) is 86.7 cm³/mol. The summed E-state index contributed by atoms with van der Waals surface area (Å²) in [5, 5.41) is 6.38. The van der Waals surface area contributed by atoms with Crippen molar-refractivity contribution in [1.29, 1.82) is 0 Å². The van der Waals surface area contributed by atoms with Crippen LogP contribution in [0.1, 0.15) is 62.0 Å². The minimum Gasteiger partial charge on any atom is -0.385 e. The number of rotatable bonds is 6. The van der Waals surface area contributed by atoms with Gasteiger partial charge in [0.05, 0.1) is 11.3 Å². The summed E-state index contributed by atoms with van der Waals surface area (Å²) in [6.45, 7) is 7.77. The minimum absolute atomic E-state index is 0.0156. The van der Waals surface area contributed by atoms with Crippen LogP contribution >= 0.6 is 0 Å². The molecule has 1 heterocycles. The maximum absolute atomic E-state index is 12.5. The van der Waals surface area contributed by atoms with E-state index in [1.165, 1.54) is 25.7 Å². The summed E-state index contributed by atoms with van der Waals surface area (Å²) in [6.07, 6.45) is 7.86. The molecule has 0 aromatic carbocycles. The van der Waals surface area contributed by atoms with Crippen molar-refractivity contribution in [1.82, 2.24) is 10.3 Å². The standard InChI is InChI=1S/C17H27N3O/c1-4-17(8-6-7-9-17)12-20-16(21)14-11-19-13(3)10-15(14)18-5-2/h10-11H,4-9,12H2,1-3H3,(H,18,19)(H,20,21). The summed E-state index contributed by atoms with van der Waals surface area (Å²) in [4.78, 5) is 16.7. The van der Waals surface area contributed by atoms with Crippen LogP contribution in [0.4, 0.5) is 5.69 Å². The van der Waals surface area contributed by atoms with E-state index in [0.29, 0.717) is 11.0 Å². The van der Waals surface area contributed by atoms with Crippen molar-refractivity contribution in [2.24, 2.45) is 5.41 Å². The lowest BCUT2D eigenvalue weighted by Crippen LogP contribution is -2.36. The van der Waals surface area contributed by atoms with Crippen LogP contribution in [0.2, 0.25) is 0 Å². The lowest BCUT2D eigenvalue weighted by molar-refractivity contribution is 0.0929. The van der Waals surface area contributed by atoms with Gasteiger partial charge >= 0.3 is 0 Å². The first kappa shape index (κ1) is 15.8. The summed E-state index contributed by atoms with van der Waals surface area (Å²) in [5.41, 5.74) is 2.75. The highest BCUT2D eigenvalue weighted by atomic mass is 16.1. The molecule has 2 N–H and O–H groups in total. The average Bonchev–Trinajstić information content (AvgIpc) is 2.95. The van der Waals surface area contributed by atoms with Crippen LogP contribution in [0, 0.1) is 12.3 Å². The zero-order valence-corrected chi connectivity index (χ0v) is 13.5. The Labute approximate surface area is 127 Å². The molecule has 4 heteroatoms. The molecule has 0 radical (unpaired) electrons. The Hall–Kier alpha value is -1.58. The van der Waals surface area contributed by atoms with E-state index in [9.17, 15) is 4.79 Å². The Morgan fingerprint density at radius 3 is 2.67 bits per heavy atom. The Balaban J connectivity index is 2.06. The third-order valence-electron chi connectivity index (χ3n) is 4.69. The second-order valence-corrected chi connectivity index (χ2v) is 6.14. The third-order valence-corrected chi connectivity index (χ3v) is 4.69. The fourth-order valence-electron chi connectivity index (χ4n) is 3.22. The van der Waals surface area contributed by atoms with Crippen LogP contribution in [-0.4, -0.2) is 24.0 Å². The van der Waals surface area contributed by atoms with E-state index in [0.717, 1.165) is 30.9 Å². The van der Waals surface area contributed by atoms with Gasteiger partial charge in [-0.05, 0) is 44.6 Å². The van der Waals surface area contributed by atoms with Crippen molar-refractivity contribution in [2.75, 3.05) is 18.4 Å². The monoisotopic (exact) mass is 289 g/mol. The minimum atomic E-state index is -0.0156. The number of hydrogen-bond acceptors (Lipinski definition) is 3. The topological polar surface area (TPSA) is 54.0 Å². The number of anilines is 1. The van der Waals surface area contributed by atoms with E-state index in [4.69, 9.17) is 0 Å². The number of amides is 1. The lowest BCUT2D eigenvalue weighted by Gasteiger charge is -2.27. The van der Waals surface area contributed by atoms with Gasteiger partial charge in [-0.25, -0.2) is 0 Å². The van der Waals surface area contributed by atoms with Crippen LogP contribution < -0.4 is 10.6 Å². The largest absolute Gasteiger partial charge is 0.385 e. The lowest BCUT2D eigenvalue weighted by atomic mass is 9.83. The highest BCUT2D eigenvalue weighted by Gasteiger charge is 2.32. The summed E-state index contributed by atoms with van der Waals surface area (Å²) in [5.74, 6) is -0.0156. The summed E-state index contributed by atoms with van der Waals surface area (Å²) in [6, 6.07) is 1.93. The molecule has 0 bridgehead atoms. The van der Waals surface area contributed by atoms with Crippen molar-refractivity contribution in [3.63, 3.8) is 0 Å². The van der Waals surface area contributed by atoms with Crippen molar-refractivity contribution in [3.8, 4) is 0 Å². The number of carbonyl (C=O) groups excluding carboxylic acids is 1. The quantitative estimate of drug-likeness (QED) is 0.842. The predicted octanol–water partition coefficient (Wildman–Crippen LogP) is 3.52. The number of aromatic nitrogens is 1. The summed E-state index contributed by atoms with van der Waals surface area (Å²) < 4.78 is 0. The summed E-state index contributed by atoms with van der Waals surface area (Å²) in [7, 11) is 0. The Kier molecular flexibility index (Phi) is 5.21. The Morgan fingerprint density at radius 1 is 1.33 bits per heavy atom. The maximum atomic E-state index is 12.5. The molecule has 1 aromatic rings. The van der Waals surface area contributed by atoms with Gasteiger partial charge in [0.25, 0.3) is 5.91 Å². The third kappa shape index (κ3) is 3.74. The maximum Gasteiger partial charge on any atom is 0.254 e. The van der Waals surface area contributed by atoms with E-state index in [1.807, 2.05) is 19.9 Å². The van der Waals surface area contributed by atoms with E-state index in [2.05, 4.69) is 22.5 Å². The van der Waals surface area contributed by atoms with Gasteiger partial charge in [0.2, 0.25) is 0 Å². The van der Waals surface area contributed by atoms with Crippen molar-refractivity contribution in [3.05, 3.63) is 23.5 Å². The van der Waals surface area contributed by atoms with E-state index < -0.39 is 0 Å². The van der Waals surface area contributed by atoms with Crippen LogP contribution in [0.5, 0.6) is 0 Å². The molecule has 1 aliphatic rings. The Morgan fingerprint density at radius 2 is 2.05 bits per heavy atom. The zero-order valence-electron chi connectivity index (χ0n) is 13.5. The zero-order chi connectivity index (χ0) is 15.3. The molecule has 1 saturated carbocycles. The number of nitrogens with one attached hydrogen (secondary N) is 2. The van der Waals surface area contributed by atoms with Crippen LogP contribution in [0.25, 0.3) is 0 Å². The molecule has 1 amide bonds. The van der Waals surface area contributed by atoms with Gasteiger partial charge in [0, 0.05) is 25.0 Å². The van der Waals surface area contributed by atoms with Gasteiger partial charge in [0.15, 0.2) is 0 Å². The second-order valence-electron chi connectivity index (χ2n) is 6.14. The van der Waals surface area contributed by atoms with Gasteiger partial charge in [-0.1, -0.05) is 19.8 Å². The van der Waals surface area contributed by atoms with E-state index in [1.54, 1.807) is 6.20 Å². The van der Waals surface area contributed by atoms with Gasteiger partial charge in [0.1, 0.15) is 0 Å². The number of pyridine rings is 1. The second kappa shape index (κ2) is 6.92. The molecule has 4 nitrogen and oxygen atoms in total. The molecule has 0 spiro atoms. The molecule has 0 saturated heterocycles. The van der Waals surface area contributed by atoms with E-state index in [-0.39, 0.29) is 5.91 Å². The summed E-state index contributed by atoms with van der Waals surface area (Å²) >= 11 is 0. The molecule has 1 aromatic heterocycles. The number of carbonyl (C=O) groups is 1. The molecule has 2 rings (SSSR count). The normalized spacial score (nSPS) is 16.7. The first-order valence-corrected chi connectivity index (χ1v) is 8.09. The van der Waals surface area contributed by atoms with Crippen molar-refractivity contribution < 1.29 is 4.79 Å². The van der Waals surface area contributed by atoms with Crippen molar-refractivity contribution >= 4 is 11.6 Å². The molecule has 1 aliphatic carbocycles. The Bertz CT molecular complexity index is 493. The van der Waals surface area contributed by atoms with Gasteiger partial charge in [-0.3, -0.25) is 9.78 Å². The first-order valence-electron chi connectivity index (χ1n) is 8.09. The van der Waals surface area contributed by atoms with E-state index >= 15 is 0 Å². The molecule has 0 unspecified atom stereocenters. The van der Waals surface area contributed by atoms with Gasteiger partial charge in [-0.2, -0.15) is 0 Å². The molecule has 116 valence electrons. The molecule has 0 atom stereocenters. The molecular formula is C17H27N3O. The highest BCUT2D eigenvalue weighted by molar-refractivity contribution is 5.99. The number of aryl methyl sites for hydroxylation is 1. The molecule has 0 aliphatic heterocycles. The smallest absolute Gasteiger partial charge is 0.254 e. The van der Waals surface area contributed by atoms with Crippen LogP contribution in [-0.2, 0) is 0 Å². The van der Waals surface area contributed by atoms with Gasteiger partial charge < -0.3 is 10.6 Å². The van der Waals surface area contributed by atoms with Crippen LogP contribution in [0.15, 0.2) is 12.3 Å². The number of hydrogen-bond donors (Lipinski definition) is 2. The average molecular weight is 289 g/mol. The fraction of sp³-hybridized carbons (Fsp3) is 0.647. The van der Waals surface area contributed by atoms with Crippen LogP contribution in [0.3, 0.4) is 0 Å². The molecular weight excluding hydrogens is 262 g/mol. The molecule has 21 heavy (non-hydrogen) atoms. The first-order chi connectivity index (χ1) is 10.1. The van der Waals surface area contributed by atoms with Crippen molar-refractivity contribution in [2.45, 2.75) is 52.9 Å².